The number of nitrogens with one attached hydrogen (secondary N) is 4. The Balaban J connectivity index is 0.761. The maximum absolute atomic E-state index is 15.4. The molecule has 604 valence electrons. The van der Waals surface area contributed by atoms with Crippen molar-refractivity contribution in [1.82, 2.24) is 55.6 Å². The number of thiazole rings is 2. The summed E-state index contributed by atoms with van der Waals surface area (Å²) in [6.45, 7) is 11.6. The number of carbonyl (C=O) groups is 7. The first-order valence-corrected chi connectivity index (χ1v) is 37.8. The Kier molecular flexibility index (Phi) is 37.5. The number of aromatic nitrogens is 7. The van der Waals surface area contributed by atoms with Crippen molar-refractivity contribution < 1.29 is 99.9 Å². The van der Waals surface area contributed by atoms with Crippen molar-refractivity contribution >= 4 is 102 Å². The van der Waals surface area contributed by atoms with Crippen LogP contribution in [0.25, 0.3) is 10.2 Å². The normalized spacial score (nSPS) is 12.2. The van der Waals surface area contributed by atoms with Gasteiger partial charge in [0.05, 0.1) is 175 Å². The van der Waals surface area contributed by atoms with Crippen molar-refractivity contribution in [2.24, 2.45) is 5.92 Å². The van der Waals surface area contributed by atoms with Gasteiger partial charge in [0.25, 0.3) is 11.8 Å². The fourth-order valence-electron chi connectivity index (χ4n) is 10.2. The Morgan fingerprint density at radius 2 is 1.35 bits per heavy atom. The number of fused-ring (bicyclic) bond motifs is 1. The number of imide groups is 1. The van der Waals surface area contributed by atoms with E-state index in [-0.39, 0.29) is 82.9 Å². The van der Waals surface area contributed by atoms with Gasteiger partial charge in [-0.25, -0.2) is 28.6 Å². The van der Waals surface area contributed by atoms with Gasteiger partial charge in [-0.1, -0.05) is 60.4 Å². The van der Waals surface area contributed by atoms with Gasteiger partial charge in [0.15, 0.2) is 39.2 Å². The SMILES string of the molecule is COCCOCCOCCOCCOCCOCCOCCOCCn1cc(COCc2cc(NC(=O)CNC(=O)[C@@H](NC(=O)CCOCCN3C(=O)C=CC3=O)C(C)C)ccc2COC(=O)N(C)CC#Cc2ccc(OCCCc3sc(N(C)c4cc(C)c(Nc5nc6ccccc6s5)nn4)nc3C(=O)O)c(F)c2)nn1. The third-order valence-electron chi connectivity index (χ3n) is 16.2. The van der Waals surface area contributed by atoms with Crippen molar-refractivity contribution in [3.63, 3.8) is 0 Å². The Morgan fingerprint density at radius 1 is 0.688 bits per heavy atom. The molecule has 5 N–H and O–H groups in total. The Hall–Kier alpha value is -10.1. The quantitative estimate of drug-likeness (QED) is 0.0156. The second-order valence-corrected chi connectivity index (χ2v) is 27.2. The summed E-state index contributed by atoms with van der Waals surface area (Å²) in [6, 6.07) is 17.7. The van der Waals surface area contributed by atoms with E-state index in [0.29, 0.717) is 167 Å². The summed E-state index contributed by atoms with van der Waals surface area (Å²) in [5.41, 5.74) is 3.73. The van der Waals surface area contributed by atoms with E-state index in [0.717, 1.165) is 20.7 Å². The maximum Gasteiger partial charge on any atom is 0.410 e. The van der Waals surface area contributed by atoms with Crippen LogP contribution in [0.2, 0.25) is 0 Å². The number of benzene rings is 3. The number of hydrogen-bond donors (Lipinski definition) is 5. The minimum absolute atomic E-state index is 0.0200. The minimum atomic E-state index is -1.19. The van der Waals surface area contributed by atoms with Gasteiger partial charge in [-0.2, -0.15) is 0 Å². The number of methoxy groups -OCH3 is 1. The number of para-hydroxylation sites is 1. The van der Waals surface area contributed by atoms with Crippen LogP contribution in [0.15, 0.2) is 85.1 Å². The first kappa shape index (κ1) is 87.5. The fraction of sp³-hybridized carbons (Fsp3) is 0.480. The van der Waals surface area contributed by atoms with E-state index in [4.69, 9.17) is 56.8 Å². The lowest BCUT2D eigenvalue weighted by Crippen LogP contribution is -2.51. The molecule has 0 bridgehead atoms. The Labute approximate surface area is 655 Å². The highest BCUT2D eigenvalue weighted by atomic mass is 32.1. The summed E-state index contributed by atoms with van der Waals surface area (Å²) in [6.07, 6.45) is 3.83. The molecular weight excluding hydrogens is 1500 g/mol. The van der Waals surface area contributed by atoms with E-state index in [1.54, 1.807) is 68.0 Å². The van der Waals surface area contributed by atoms with Crippen molar-refractivity contribution in [2.75, 3.05) is 175 Å². The lowest BCUT2D eigenvalue weighted by Gasteiger charge is -2.22. The number of amides is 6. The predicted molar refractivity (Wildman–Crippen MR) is 409 cm³/mol. The molecule has 37 heteroatoms. The fourth-order valence-corrected chi connectivity index (χ4v) is 12.1. The van der Waals surface area contributed by atoms with Gasteiger partial charge in [-0.3, -0.25) is 28.9 Å². The molecule has 0 saturated carbocycles. The lowest BCUT2D eigenvalue weighted by molar-refractivity contribution is -0.138. The number of ether oxygens (including phenoxy) is 12. The standard InChI is InChI=1S/C75H95FN14O20S2/c1-51(2)68(80-64(91)21-26-100-28-24-90-66(93)19-20-67(90)94)71(95)77-46-65(92)78-56-17-16-54(55(45-56)48-108-50-57-47-89(86-83-57)23-27-101-31-32-103-35-36-105-39-40-107-42-41-106-38-37-104-34-33-102-30-29-99-6)49-110-75(98)87(4)22-9-11-53-15-18-60(58(76)44-53)109-25-10-14-62-69(72(96)97)81-74(112-62)88(5)63-43-52(3)70(85-84-63)82-73-79-59-12-7-8-13-61(59)111-73/h7-8,12-13,15-20,43-45,47,51,68H,10,14,21-42,46,48-50H2,1-6H3,(H,77,95)(H,78,92)(H,80,91)(H,96,97)(H,79,82,85)/t68-/m0/s1. The van der Waals surface area contributed by atoms with Gasteiger partial charge in [0.2, 0.25) is 17.7 Å². The Morgan fingerprint density at radius 3 is 2.00 bits per heavy atom. The van der Waals surface area contributed by atoms with Crippen molar-refractivity contribution in [3.8, 4) is 17.6 Å². The molecule has 6 amide bonds. The highest BCUT2D eigenvalue weighted by Gasteiger charge is 2.27. The van der Waals surface area contributed by atoms with Gasteiger partial charge >= 0.3 is 12.1 Å². The highest BCUT2D eigenvalue weighted by molar-refractivity contribution is 7.22. The predicted octanol–water partition coefficient (Wildman–Crippen LogP) is 6.43. The molecule has 0 saturated heterocycles. The zero-order chi connectivity index (χ0) is 79.8. The zero-order valence-electron chi connectivity index (χ0n) is 63.4. The average Bonchev–Trinajstić information content (AvgIpc) is 1.66. The summed E-state index contributed by atoms with van der Waals surface area (Å²) < 4.78 is 84.7. The summed E-state index contributed by atoms with van der Waals surface area (Å²) in [7, 11) is 4.83. The van der Waals surface area contributed by atoms with Crippen LogP contribution < -0.4 is 30.9 Å². The van der Waals surface area contributed by atoms with E-state index in [1.807, 2.05) is 37.3 Å². The van der Waals surface area contributed by atoms with Crippen molar-refractivity contribution in [2.45, 2.75) is 72.4 Å². The molecule has 0 radical (unpaired) electrons. The number of nitrogens with zero attached hydrogens (tertiary/aromatic N) is 10. The van der Waals surface area contributed by atoms with Crippen LogP contribution in [0, 0.1) is 30.5 Å². The first-order valence-electron chi connectivity index (χ1n) is 36.1. The minimum Gasteiger partial charge on any atom is -0.491 e. The summed E-state index contributed by atoms with van der Waals surface area (Å²) in [4.78, 5) is 102. The molecular formula is C75H95FN14O20S2. The van der Waals surface area contributed by atoms with Gasteiger partial charge in [0, 0.05) is 55.9 Å². The molecule has 5 heterocycles. The van der Waals surface area contributed by atoms with Crippen LogP contribution in [-0.2, 0) is 109 Å². The van der Waals surface area contributed by atoms with E-state index in [1.165, 1.54) is 58.9 Å². The van der Waals surface area contributed by atoms with Crippen LogP contribution in [0.3, 0.4) is 0 Å². The van der Waals surface area contributed by atoms with Gasteiger partial charge in [-0.05, 0) is 90.9 Å². The number of carbonyl (C=O) groups excluding carboxylic acids is 6. The smallest absolute Gasteiger partial charge is 0.410 e. The van der Waals surface area contributed by atoms with Gasteiger partial charge in [-0.15, -0.1) is 26.6 Å². The molecule has 0 unspecified atom stereocenters. The lowest BCUT2D eigenvalue weighted by atomic mass is 10.0. The molecule has 34 nitrogen and oxygen atoms in total. The molecule has 112 heavy (non-hydrogen) atoms. The Bertz CT molecular complexity index is 4240. The van der Waals surface area contributed by atoms with Crippen LogP contribution in [0.5, 0.6) is 5.75 Å². The number of aromatic carboxylic acids is 1. The van der Waals surface area contributed by atoms with Gasteiger partial charge in [0.1, 0.15) is 18.3 Å². The molecule has 1 aliphatic rings. The number of carboxylic acid groups (broad SMARTS) is 1. The molecule has 1 atom stereocenters. The molecule has 1 aliphatic heterocycles. The van der Waals surface area contributed by atoms with E-state index in [9.17, 15) is 38.7 Å². The zero-order valence-corrected chi connectivity index (χ0v) is 65.0. The van der Waals surface area contributed by atoms with Crippen LogP contribution in [-0.4, -0.2) is 257 Å². The summed E-state index contributed by atoms with van der Waals surface area (Å²) in [5, 5.41) is 39.5. The second-order valence-electron chi connectivity index (χ2n) is 25.1. The summed E-state index contributed by atoms with van der Waals surface area (Å²) >= 11 is 2.69. The molecule has 8 rings (SSSR count). The van der Waals surface area contributed by atoms with Gasteiger partial charge < -0.3 is 93.0 Å². The van der Waals surface area contributed by atoms with Crippen LogP contribution in [0.1, 0.15) is 70.0 Å². The van der Waals surface area contributed by atoms with Crippen molar-refractivity contribution in [3.05, 3.63) is 129 Å². The molecule has 4 aromatic heterocycles. The maximum atomic E-state index is 15.4. The molecule has 3 aromatic carbocycles. The number of carboxylic acids is 1. The van der Waals surface area contributed by atoms with Crippen LogP contribution >= 0.6 is 22.7 Å². The molecule has 0 fully saturated rings. The molecule has 0 aliphatic carbocycles. The average molecular weight is 1600 g/mol. The largest absolute Gasteiger partial charge is 0.491 e. The number of hydrogen-bond acceptors (Lipinski definition) is 29. The topological polar surface area (TPSA) is 391 Å². The number of anilines is 5. The first-order chi connectivity index (χ1) is 54.3. The van der Waals surface area contributed by atoms with E-state index >= 15 is 4.39 Å². The van der Waals surface area contributed by atoms with Crippen LogP contribution in [0.4, 0.5) is 36.8 Å². The molecule has 0 spiro atoms. The highest BCUT2D eigenvalue weighted by Crippen LogP contribution is 2.34. The number of aryl methyl sites for hydroxylation is 2. The monoisotopic (exact) mass is 1590 g/mol. The van der Waals surface area contributed by atoms with Crippen molar-refractivity contribution in [1.29, 1.82) is 0 Å². The summed E-state index contributed by atoms with van der Waals surface area (Å²) in [5.74, 6) is 1.85. The second kappa shape index (κ2) is 48.0. The third kappa shape index (κ3) is 30.2. The third-order valence-corrected chi connectivity index (χ3v) is 18.3. The van der Waals surface area contributed by atoms with E-state index in [2.05, 4.69) is 63.6 Å². The molecule has 7 aromatic rings. The van der Waals surface area contributed by atoms with E-state index < -0.39 is 60.0 Å². The number of halogens is 1. The number of rotatable bonds is 53.